The summed E-state index contributed by atoms with van der Waals surface area (Å²) >= 11 is 18.5. The first kappa shape index (κ1) is 23.5. The number of aromatic nitrogens is 1. The molecule has 5 rings (SSSR count). The van der Waals surface area contributed by atoms with Gasteiger partial charge in [0.2, 0.25) is 0 Å². The van der Waals surface area contributed by atoms with E-state index in [2.05, 4.69) is 17.5 Å². The molecule has 0 aliphatic heterocycles. The highest BCUT2D eigenvalue weighted by atomic mass is 35.5. The van der Waals surface area contributed by atoms with Crippen molar-refractivity contribution in [2.75, 3.05) is 5.32 Å². The van der Waals surface area contributed by atoms with Crippen LogP contribution in [0.1, 0.15) is 35.2 Å². The van der Waals surface area contributed by atoms with Crippen LogP contribution in [0.15, 0.2) is 72.8 Å². The predicted molar refractivity (Wildman–Crippen MR) is 146 cm³/mol. The Labute approximate surface area is 219 Å². The molecule has 4 aromatic rings. The molecule has 0 unspecified atom stereocenters. The highest BCUT2D eigenvalue weighted by molar-refractivity contribution is 6.31. The quantitative estimate of drug-likeness (QED) is 0.294. The third kappa shape index (κ3) is 5.06. The zero-order chi connectivity index (χ0) is 24.4. The van der Waals surface area contributed by atoms with Crippen molar-refractivity contribution >= 4 is 58.0 Å². The Hall–Kier alpha value is -3.29. The Balaban J connectivity index is 1.73. The monoisotopic (exact) mass is 515 g/mol. The number of hydrogen-bond donors (Lipinski definition) is 1. The molecule has 1 heterocycles. The van der Waals surface area contributed by atoms with Gasteiger partial charge in [-0.2, -0.15) is 5.26 Å². The zero-order valence-electron chi connectivity index (χ0n) is 18.7. The molecule has 1 aromatic heterocycles. The van der Waals surface area contributed by atoms with Gasteiger partial charge in [0.25, 0.3) is 0 Å². The van der Waals surface area contributed by atoms with Gasteiger partial charge in [-0.15, -0.1) is 0 Å². The number of benzene rings is 3. The van der Waals surface area contributed by atoms with E-state index in [1.54, 1.807) is 0 Å². The predicted octanol–water partition coefficient (Wildman–Crippen LogP) is 9.20. The molecule has 1 N–H and O–H groups in total. The lowest BCUT2D eigenvalue weighted by Gasteiger charge is -2.24. The van der Waals surface area contributed by atoms with Gasteiger partial charge in [0.15, 0.2) is 0 Å². The summed E-state index contributed by atoms with van der Waals surface area (Å²) in [7, 11) is 0. The van der Waals surface area contributed by atoms with E-state index < -0.39 is 0 Å². The maximum Gasteiger partial charge on any atom is 0.149 e. The second-order valence-corrected chi connectivity index (χ2v) is 9.68. The van der Waals surface area contributed by atoms with Crippen LogP contribution < -0.4 is 5.32 Å². The van der Waals surface area contributed by atoms with Crippen LogP contribution >= 0.6 is 34.8 Å². The molecule has 0 spiro atoms. The van der Waals surface area contributed by atoms with Crippen molar-refractivity contribution in [3.8, 4) is 17.2 Å². The van der Waals surface area contributed by atoms with Crippen LogP contribution in [-0.4, -0.2) is 4.98 Å². The smallest absolute Gasteiger partial charge is 0.149 e. The van der Waals surface area contributed by atoms with Gasteiger partial charge in [0.05, 0.1) is 5.69 Å². The third-order valence-electron chi connectivity index (χ3n) is 6.02. The Bertz CT molecular complexity index is 1470. The number of anilines is 2. The highest BCUT2D eigenvalue weighted by Crippen LogP contribution is 2.42. The largest absolute Gasteiger partial charge is 0.339 e. The number of pyridine rings is 1. The molecule has 0 bridgehead atoms. The van der Waals surface area contributed by atoms with E-state index in [9.17, 15) is 5.26 Å². The second-order valence-electron chi connectivity index (χ2n) is 8.37. The molecule has 35 heavy (non-hydrogen) atoms. The van der Waals surface area contributed by atoms with E-state index in [0.29, 0.717) is 26.4 Å². The fourth-order valence-electron chi connectivity index (χ4n) is 4.44. The summed E-state index contributed by atoms with van der Waals surface area (Å²) in [5.74, 6) is 0.502. The number of nitriles is 1. The van der Waals surface area contributed by atoms with Crippen molar-refractivity contribution < 1.29 is 0 Å². The molecule has 0 radical (unpaired) electrons. The minimum absolute atomic E-state index is 0.499. The summed E-state index contributed by atoms with van der Waals surface area (Å²) in [5.41, 5.74) is 7.25. The SMILES string of the molecule is N#Cc1c(Nc2cccc(Cl)c2)nc2c(c1-c1ccc(Cl)cc1)CCC/C2=C\c1ccc(Cl)cc1. The molecular formula is C29H20Cl3N3. The molecule has 0 saturated carbocycles. The first-order valence-corrected chi connectivity index (χ1v) is 12.4. The van der Waals surface area contributed by atoms with Gasteiger partial charge in [-0.3, -0.25) is 0 Å². The Morgan fingerprint density at radius 1 is 0.857 bits per heavy atom. The summed E-state index contributed by atoms with van der Waals surface area (Å²) in [6.07, 6.45) is 4.86. The molecule has 3 aromatic carbocycles. The van der Waals surface area contributed by atoms with E-state index in [1.165, 1.54) is 0 Å². The van der Waals surface area contributed by atoms with E-state index in [1.807, 2.05) is 72.8 Å². The van der Waals surface area contributed by atoms with Gasteiger partial charge in [0, 0.05) is 26.3 Å². The molecule has 0 saturated heterocycles. The van der Waals surface area contributed by atoms with Crippen molar-refractivity contribution in [3.05, 3.63) is 110 Å². The Morgan fingerprint density at radius 2 is 1.57 bits per heavy atom. The van der Waals surface area contributed by atoms with Gasteiger partial charge in [-0.1, -0.05) is 65.1 Å². The topological polar surface area (TPSA) is 48.7 Å². The van der Waals surface area contributed by atoms with E-state index in [4.69, 9.17) is 39.8 Å². The number of halogens is 3. The minimum atomic E-state index is 0.499. The zero-order valence-corrected chi connectivity index (χ0v) is 20.9. The van der Waals surface area contributed by atoms with E-state index in [-0.39, 0.29) is 0 Å². The molecule has 0 amide bonds. The maximum absolute atomic E-state index is 10.3. The van der Waals surface area contributed by atoms with Crippen LogP contribution in [0, 0.1) is 11.3 Å². The second kappa shape index (κ2) is 10.1. The van der Waals surface area contributed by atoms with Gasteiger partial charge >= 0.3 is 0 Å². The molecule has 6 heteroatoms. The summed E-state index contributed by atoms with van der Waals surface area (Å²) in [6.45, 7) is 0. The van der Waals surface area contributed by atoms with E-state index in [0.717, 1.165) is 58.5 Å². The summed E-state index contributed by atoms with van der Waals surface area (Å²) in [6, 6.07) is 25.2. The van der Waals surface area contributed by atoms with Gasteiger partial charge in [-0.25, -0.2) is 4.98 Å². The molecule has 0 fully saturated rings. The normalized spacial score (nSPS) is 13.8. The number of rotatable bonds is 4. The first-order valence-electron chi connectivity index (χ1n) is 11.2. The lowest BCUT2D eigenvalue weighted by Crippen LogP contribution is -2.11. The molecule has 0 atom stereocenters. The Morgan fingerprint density at radius 3 is 2.26 bits per heavy atom. The number of nitrogens with one attached hydrogen (secondary N) is 1. The average molecular weight is 517 g/mol. The summed E-state index contributed by atoms with van der Waals surface area (Å²) in [5, 5.41) is 15.6. The lowest BCUT2D eigenvalue weighted by atomic mass is 9.83. The fourth-order valence-corrected chi connectivity index (χ4v) is 4.89. The van der Waals surface area contributed by atoms with Gasteiger partial charge in [0.1, 0.15) is 17.5 Å². The number of allylic oxidation sites excluding steroid dienone is 1. The van der Waals surface area contributed by atoms with Crippen LogP contribution in [0.4, 0.5) is 11.5 Å². The summed E-state index contributed by atoms with van der Waals surface area (Å²) in [4.78, 5) is 5.01. The average Bonchev–Trinajstić information content (AvgIpc) is 2.86. The van der Waals surface area contributed by atoms with Gasteiger partial charge in [-0.05, 0) is 90.1 Å². The van der Waals surface area contributed by atoms with Crippen LogP contribution in [0.5, 0.6) is 0 Å². The van der Waals surface area contributed by atoms with Crippen molar-refractivity contribution in [1.82, 2.24) is 4.98 Å². The van der Waals surface area contributed by atoms with Crippen LogP contribution in [0.3, 0.4) is 0 Å². The first-order chi connectivity index (χ1) is 17.0. The van der Waals surface area contributed by atoms with Crippen LogP contribution in [0.25, 0.3) is 22.8 Å². The molecule has 1 aliphatic rings. The van der Waals surface area contributed by atoms with Crippen LogP contribution in [0.2, 0.25) is 15.1 Å². The molecule has 172 valence electrons. The fraction of sp³-hybridized carbons (Fsp3) is 0.103. The molecule has 1 aliphatic carbocycles. The number of nitrogens with zero attached hydrogens (tertiary/aromatic N) is 2. The standard InChI is InChI=1S/C29H20Cl3N3/c30-21-11-7-18(8-12-21)15-20-3-1-6-25-27(19-9-13-22(31)14-10-19)26(17-33)29(35-28(20)25)34-24-5-2-4-23(32)16-24/h2,4-5,7-16H,1,3,6H2,(H,34,35)/b20-15+. The molecule has 3 nitrogen and oxygen atoms in total. The van der Waals surface area contributed by atoms with Crippen molar-refractivity contribution in [2.24, 2.45) is 0 Å². The maximum atomic E-state index is 10.3. The summed E-state index contributed by atoms with van der Waals surface area (Å²) < 4.78 is 0. The Kier molecular flexibility index (Phi) is 6.79. The van der Waals surface area contributed by atoms with Crippen molar-refractivity contribution in [2.45, 2.75) is 19.3 Å². The van der Waals surface area contributed by atoms with Gasteiger partial charge < -0.3 is 5.32 Å². The van der Waals surface area contributed by atoms with E-state index >= 15 is 0 Å². The number of fused-ring (bicyclic) bond motifs is 1. The number of hydrogen-bond acceptors (Lipinski definition) is 3. The minimum Gasteiger partial charge on any atom is -0.339 e. The lowest BCUT2D eigenvalue weighted by molar-refractivity contribution is 0.813. The van der Waals surface area contributed by atoms with Crippen molar-refractivity contribution in [1.29, 1.82) is 5.26 Å². The van der Waals surface area contributed by atoms with Crippen LogP contribution in [-0.2, 0) is 6.42 Å². The van der Waals surface area contributed by atoms with Crippen molar-refractivity contribution in [3.63, 3.8) is 0 Å². The molecular weight excluding hydrogens is 497 g/mol. The highest BCUT2D eigenvalue weighted by Gasteiger charge is 2.25. The third-order valence-corrected chi connectivity index (χ3v) is 6.76.